The van der Waals surface area contributed by atoms with Gasteiger partial charge < -0.3 is 19.9 Å². The van der Waals surface area contributed by atoms with Crippen LogP contribution in [0.3, 0.4) is 0 Å². The zero-order chi connectivity index (χ0) is 16.6. The summed E-state index contributed by atoms with van der Waals surface area (Å²) in [6, 6.07) is 2.28. The summed E-state index contributed by atoms with van der Waals surface area (Å²) in [7, 11) is 0. The van der Waals surface area contributed by atoms with Crippen LogP contribution in [0.15, 0.2) is 9.52 Å². The number of carbonyl (C=O) groups excluding carboxylic acids is 1. The van der Waals surface area contributed by atoms with Gasteiger partial charge >= 0.3 is 6.09 Å². The van der Waals surface area contributed by atoms with Gasteiger partial charge in [-0.15, -0.1) is 0 Å². The van der Waals surface area contributed by atoms with E-state index in [-0.39, 0.29) is 11.9 Å². The summed E-state index contributed by atoms with van der Waals surface area (Å²) in [6.07, 6.45) is 0.862. The monoisotopic (exact) mass is 317 g/mol. The summed E-state index contributed by atoms with van der Waals surface area (Å²) in [5, 5.41) is 13.6. The third-order valence-corrected chi connectivity index (χ3v) is 4.73. The fraction of sp³-hybridized carbons (Fsp3) is 0.600. The van der Waals surface area contributed by atoms with Crippen molar-refractivity contribution < 1.29 is 14.1 Å². The number of carbonyl (C=O) groups is 1. The van der Waals surface area contributed by atoms with Gasteiger partial charge in [-0.2, -0.15) is 10.3 Å². The zero-order valence-electron chi connectivity index (χ0n) is 13.2. The van der Waals surface area contributed by atoms with E-state index >= 15 is 0 Å². The fourth-order valence-electron chi connectivity index (χ4n) is 3.65. The summed E-state index contributed by atoms with van der Waals surface area (Å²) < 4.78 is 10.3. The Bertz CT molecular complexity index is 694. The molecule has 0 saturated carbocycles. The maximum absolute atomic E-state index is 11.9. The predicted molar refractivity (Wildman–Crippen MR) is 81.1 cm³/mol. The second-order valence-corrected chi connectivity index (χ2v) is 5.89. The van der Waals surface area contributed by atoms with E-state index in [1.807, 2.05) is 6.92 Å². The summed E-state index contributed by atoms with van der Waals surface area (Å²) in [5.41, 5.74) is 7.06. The molecule has 0 bridgehead atoms. The van der Waals surface area contributed by atoms with E-state index in [9.17, 15) is 10.1 Å². The van der Waals surface area contributed by atoms with E-state index in [1.54, 1.807) is 11.8 Å². The lowest BCUT2D eigenvalue weighted by atomic mass is 9.63. The Morgan fingerprint density at radius 1 is 1.57 bits per heavy atom. The lowest BCUT2D eigenvalue weighted by Crippen LogP contribution is -2.52. The average Bonchev–Trinajstić information content (AvgIpc) is 2.90. The summed E-state index contributed by atoms with van der Waals surface area (Å²) in [4.78, 5) is 17.8. The first-order valence-electron chi connectivity index (χ1n) is 7.65. The molecule has 23 heavy (non-hydrogen) atoms. The van der Waals surface area contributed by atoms with Gasteiger partial charge in [0.25, 0.3) is 5.88 Å². The molecule has 3 heterocycles. The van der Waals surface area contributed by atoms with Crippen LogP contribution in [0, 0.1) is 24.2 Å². The molecule has 1 aromatic rings. The van der Waals surface area contributed by atoms with E-state index in [1.165, 1.54) is 0 Å². The van der Waals surface area contributed by atoms with Crippen molar-refractivity contribution in [1.29, 1.82) is 5.26 Å². The Morgan fingerprint density at radius 3 is 2.87 bits per heavy atom. The molecule has 3 rings (SSSR count). The van der Waals surface area contributed by atoms with Crippen molar-refractivity contribution in [2.45, 2.75) is 32.1 Å². The van der Waals surface area contributed by atoms with Crippen LogP contribution in [0.4, 0.5) is 10.7 Å². The maximum Gasteiger partial charge on any atom is 0.409 e. The van der Waals surface area contributed by atoms with Crippen LogP contribution in [0.2, 0.25) is 0 Å². The Morgan fingerprint density at radius 2 is 2.26 bits per heavy atom. The van der Waals surface area contributed by atoms with Gasteiger partial charge in [-0.1, -0.05) is 5.16 Å². The number of aliphatic imine (C=N–C) groups is 1. The number of piperidine rings is 1. The third-order valence-electron chi connectivity index (χ3n) is 4.73. The smallest absolute Gasteiger partial charge is 0.409 e. The standard InChI is InChI=1S/C15H19N5O3/c1-3-22-14(21)20-6-4-15(5-7-20)10(8-16)12(17)18-13-11(15)9(2)19-23-13/h10H,3-7H2,1-2H3,(H2,17,18). The minimum atomic E-state index is -0.544. The first-order valence-corrected chi connectivity index (χ1v) is 7.65. The van der Waals surface area contributed by atoms with E-state index < -0.39 is 11.3 Å². The first kappa shape index (κ1) is 15.3. The summed E-state index contributed by atoms with van der Waals surface area (Å²) in [6.45, 7) is 4.95. The summed E-state index contributed by atoms with van der Waals surface area (Å²) >= 11 is 0. The molecule has 2 aliphatic rings. The van der Waals surface area contributed by atoms with Gasteiger partial charge in [0.2, 0.25) is 0 Å². The predicted octanol–water partition coefficient (Wildman–Crippen LogP) is 1.62. The Balaban J connectivity index is 1.95. The topological polar surface area (TPSA) is 118 Å². The third kappa shape index (κ3) is 2.23. The van der Waals surface area contributed by atoms with Crippen molar-refractivity contribution >= 4 is 17.8 Å². The van der Waals surface area contributed by atoms with Gasteiger partial charge in [-0.25, -0.2) is 4.79 Å². The molecule has 2 N–H and O–H groups in total. The Labute approximate surface area is 133 Å². The second kappa shape index (κ2) is 5.57. The van der Waals surface area contributed by atoms with E-state index in [2.05, 4.69) is 16.2 Å². The molecule has 8 heteroatoms. The molecule has 122 valence electrons. The molecule has 2 aliphatic heterocycles. The molecule has 0 aliphatic carbocycles. The van der Waals surface area contributed by atoms with Crippen LogP contribution in [-0.2, 0) is 10.2 Å². The minimum Gasteiger partial charge on any atom is -0.450 e. The molecule has 1 atom stereocenters. The van der Waals surface area contributed by atoms with Crippen molar-refractivity contribution in [2.24, 2.45) is 16.6 Å². The molecule has 1 fully saturated rings. The molecule has 1 spiro atoms. The van der Waals surface area contributed by atoms with Gasteiger partial charge in [0.1, 0.15) is 11.8 Å². The first-order chi connectivity index (χ1) is 11.0. The number of hydrogen-bond donors (Lipinski definition) is 1. The quantitative estimate of drug-likeness (QED) is 0.840. The van der Waals surface area contributed by atoms with E-state index in [0.717, 1.165) is 11.3 Å². The highest BCUT2D eigenvalue weighted by Gasteiger charge is 2.51. The van der Waals surface area contributed by atoms with Gasteiger partial charge in [-0.3, -0.25) is 0 Å². The average molecular weight is 317 g/mol. The number of nitriles is 1. The minimum absolute atomic E-state index is 0.251. The zero-order valence-corrected chi connectivity index (χ0v) is 13.2. The number of ether oxygens (including phenoxy) is 1. The molecule has 0 aromatic carbocycles. The van der Waals surface area contributed by atoms with Gasteiger partial charge in [0, 0.05) is 18.5 Å². The number of rotatable bonds is 1. The number of hydrogen-bond acceptors (Lipinski definition) is 7. The number of nitrogens with two attached hydrogens (primary N) is 1. The van der Waals surface area contributed by atoms with Crippen LogP contribution in [0.25, 0.3) is 0 Å². The summed E-state index contributed by atoms with van der Waals surface area (Å²) in [5.74, 6) is 0.0919. The number of amidine groups is 1. The van der Waals surface area contributed by atoms with Crippen molar-refractivity contribution in [2.75, 3.05) is 19.7 Å². The Kier molecular flexibility index (Phi) is 3.72. The van der Waals surface area contributed by atoms with Crippen LogP contribution < -0.4 is 5.73 Å². The number of aromatic nitrogens is 1. The Hall–Kier alpha value is -2.56. The highest BCUT2D eigenvalue weighted by atomic mass is 16.6. The van der Waals surface area contributed by atoms with Gasteiger partial charge in [-0.05, 0) is 26.7 Å². The molecule has 1 unspecified atom stereocenters. The van der Waals surface area contributed by atoms with Gasteiger partial charge in [0.05, 0.1) is 23.9 Å². The lowest BCUT2D eigenvalue weighted by Gasteiger charge is -2.44. The number of aryl methyl sites for hydroxylation is 1. The molecule has 8 nitrogen and oxygen atoms in total. The number of likely N-dealkylation sites (tertiary alicyclic amines) is 1. The van der Waals surface area contributed by atoms with E-state index in [0.29, 0.717) is 38.4 Å². The number of nitrogens with zero attached hydrogens (tertiary/aromatic N) is 4. The maximum atomic E-state index is 11.9. The molecule has 1 amide bonds. The normalized spacial score (nSPS) is 22.2. The van der Waals surface area contributed by atoms with Crippen LogP contribution in [0.1, 0.15) is 31.0 Å². The number of amides is 1. The van der Waals surface area contributed by atoms with Crippen LogP contribution >= 0.6 is 0 Å². The van der Waals surface area contributed by atoms with Crippen molar-refractivity contribution in [3.8, 4) is 6.07 Å². The van der Waals surface area contributed by atoms with E-state index in [4.69, 9.17) is 15.0 Å². The molecule has 1 saturated heterocycles. The van der Waals surface area contributed by atoms with Crippen LogP contribution in [-0.4, -0.2) is 41.7 Å². The largest absolute Gasteiger partial charge is 0.450 e. The van der Waals surface area contributed by atoms with Crippen molar-refractivity contribution in [3.05, 3.63) is 11.3 Å². The second-order valence-electron chi connectivity index (χ2n) is 5.89. The molecule has 1 aromatic heterocycles. The SMILES string of the molecule is CCOC(=O)N1CCC2(CC1)c1c(C)noc1N=C(N)C2C#N. The molecule has 0 radical (unpaired) electrons. The van der Waals surface area contributed by atoms with Crippen molar-refractivity contribution in [3.63, 3.8) is 0 Å². The van der Waals surface area contributed by atoms with Crippen molar-refractivity contribution in [1.82, 2.24) is 10.1 Å². The highest BCUT2D eigenvalue weighted by Crippen LogP contribution is 2.50. The molecular weight excluding hydrogens is 298 g/mol. The van der Waals surface area contributed by atoms with Gasteiger partial charge in [0.15, 0.2) is 0 Å². The highest BCUT2D eigenvalue weighted by molar-refractivity contribution is 5.91. The van der Waals surface area contributed by atoms with Crippen LogP contribution in [0.5, 0.6) is 0 Å². The number of fused-ring (bicyclic) bond motifs is 2. The fourth-order valence-corrected chi connectivity index (χ4v) is 3.65. The molecular formula is C15H19N5O3. The lowest BCUT2D eigenvalue weighted by molar-refractivity contribution is 0.0830.